The molecule has 2 atom stereocenters. The van der Waals surface area contributed by atoms with Crippen molar-refractivity contribution >= 4 is 39.8 Å². The Hall–Kier alpha value is -0.380. The largest absolute Gasteiger partial charge is 0.298 e. The predicted octanol–water partition coefficient (Wildman–Crippen LogP) is 3.47. The molecular weight excluding hydrogens is 267 g/mol. The van der Waals surface area contributed by atoms with Crippen LogP contribution >= 0.6 is 23.2 Å². The highest BCUT2D eigenvalue weighted by atomic mass is 35.5. The third kappa shape index (κ3) is 3.06. The summed E-state index contributed by atoms with van der Waals surface area (Å²) in [7, 11) is -1.45. The van der Waals surface area contributed by atoms with Gasteiger partial charge in [0, 0.05) is 11.4 Å². The van der Waals surface area contributed by atoms with Crippen molar-refractivity contribution in [2.24, 2.45) is 0 Å². The molecule has 2 unspecified atom stereocenters. The maximum absolute atomic E-state index is 12.1. The van der Waals surface area contributed by atoms with Gasteiger partial charge in [-0.05, 0) is 25.1 Å². The van der Waals surface area contributed by atoms with E-state index >= 15 is 0 Å². The van der Waals surface area contributed by atoms with E-state index in [1.54, 1.807) is 32.0 Å². The molecule has 0 N–H and O–H groups in total. The Kier molecular flexibility index (Phi) is 4.96. The van der Waals surface area contributed by atoms with Crippen molar-refractivity contribution in [2.75, 3.05) is 0 Å². The summed E-state index contributed by atoms with van der Waals surface area (Å²) < 4.78 is 12.1. The molecule has 0 aliphatic carbocycles. The molecule has 0 saturated carbocycles. The van der Waals surface area contributed by atoms with Gasteiger partial charge in [0.1, 0.15) is 5.78 Å². The van der Waals surface area contributed by atoms with Gasteiger partial charge in [0.05, 0.1) is 26.0 Å². The normalized spacial score (nSPS) is 14.5. The SMILES string of the molecule is CCC(=O)C(C)S(=O)c1cc(Cl)ccc1Cl. The van der Waals surface area contributed by atoms with E-state index in [0.29, 0.717) is 21.4 Å². The lowest BCUT2D eigenvalue weighted by atomic mass is 10.2. The van der Waals surface area contributed by atoms with Gasteiger partial charge in [-0.1, -0.05) is 30.1 Å². The summed E-state index contributed by atoms with van der Waals surface area (Å²) >= 11 is 11.7. The minimum atomic E-state index is -1.45. The number of rotatable bonds is 4. The number of carbonyl (C=O) groups is 1. The first-order chi connectivity index (χ1) is 7.47. The van der Waals surface area contributed by atoms with E-state index in [1.165, 1.54) is 0 Å². The van der Waals surface area contributed by atoms with E-state index in [2.05, 4.69) is 0 Å². The standard InChI is InChI=1S/C11H12Cl2O2S/c1-3-10(14)7(2)16(15)11-6-8(12)4-5-9(11)13/h4-7H,3H2,1-2H3. The lowest BCUT2D eigenvalue weighted by Gasteiger charge is -2.10. The molecule has 0 aliphatic heterocycles. The zero-order chi connectivity index (χ0) is 12.3. The fourth-order valence-corrected chi connectivity index (χ4v) is 3.10. The Bertz CT molecular complexity index is 432. The molecule has 1 aromatic rings. The molecule has 2 nitrogen and oxygen atoms in total. The highest BCUT2D eigenvalue weighted by Gasteiger charge is 2.21. The van der Waals surface area contributed by atoms with Gasteiger partial charge >= 0.3 is 0 Å². The average molecular weight is 279 g/mol. The van der Waals surface area contributed by atoms with Gasteiger partial charge in [0.25, 0.3) is 0 Å². The van der Waals surface area contributed by atoms with E-state index in [1.807, 2.05) is 0 Å². The van der Waals surface area contributed by atoms with Crippen LogP contribution in [0.2, 0.25) is 10.0 Å². The summed E-state index contributed by atoms with van der Waals surface area (Å²) in [6, 6.07) is 4.75. The van der Waals surface area contributed by atoms with Crippen molar-refractivity contribution in [3.05, 3.63) is 28.2 Å². The fourth-order valence-electron chi connectivity index (χ4n) is 1.23. The Morgan fingerprint density at radius 3 is 2.62 bits per heavy atom. The molecule has 1 aromatic carbocycles. The second-order valence-electron chi connectivity index (χ2n) is 3.33. The van der Waals surface area contributed by atoms with Crippen LogP contribution in [0.1, 0.15) is 20.3 Å². The van der Waals surface area contributed by atoms with Crippen LogP contribution in [0, 0.1) is 0 Å². The van der Waals surface area contributed by atoms with Crippen LogP contribution in [0.3, 0.4) is 0 Å². The third-order valence-electron chi connectivity index (χ3n) is 2.23. The summed E-state index contributed by atoms with van der Waals surface area (Å²) in [5.41, 5.74) is 0. The smallest absolute Gasteiger partial charge is 0.148 e. The Morgan fingerprint density at radius 2 is 2.06 bits per heavy atom. The van der Waals surface area contributed by atoms with Crippen molar-refractivity contribution in [1.82, 2.24) is 0 Å². The van der Waals surface area contributed by atoms with E-state index < -0.39 is 16.0 Å². The average Bonchev–Trinajstić information content (AvgIpc) is 2.29. The monoisotopic (exact) mass is 278 g/mol. The molecule has 0 aliphatic rings. The maximum Gasteiger partial charge on any atom is 0.148 e. The molecule has 0 spiro atoms. The molecule has 0 heterocycles. The minimum absolute atomic E-state index is 0.0469. The van der Waals surface area contributed by atoms with Crippen molar-refractivity contribution in [1.29, 1.82) is 0 Å². The zero-order valence-corrected chi connectivity index (χ0v) is 11.3. The highest BCUT2D eigenvalue weighted by Crippen LogP contribution is 2.25. The minimum Gasteiger partial charge on any atom is -0.298 e. The van der Waals surface area contributed by atoms with Gasteiger partial charge < -0.3 is 0 Å². The van der Waals surface area contributed by atoms with Gasteiger partial charge in [-0.15, -0.1) is 0 Å². The number of ketones is 1. The number of hydrogen-bond acceptors (Lipinski definition) is 2. The zero-order valence-electron chi connectivity index (χ0n) is 9.00. The maximum atomic E-state index is 12.1. The van der Waals surface area contributed by atoms with Crippen LogP contribution in [0.25, 0.3) is 0 Å². The van der Waals surface area contributed by atoms with Gasteiger partial charge in [-0.3, -0.25) is 9.00 Å². The first-order valence-electron chi connectivity index (χ1n) is 4.85. The molecule has 5 heteroatoms. The summed E-state index contributed by atoms with van der Waals surface area (Å²) in [6.45, 7) is 3.38. The summed E-state index contributed by atoms with van der Waals surface area (Å²) in [6.07, 6.45) is 0.366. The highest BCUT2D eigenvalue weighted by molar-refractivity contribution is 7.86. The molecule has 1 rings (SSSR count). The summed E-state index contributed by atoms with van der Waals surface area (Å²) in [5, 5.41) is 0.281. The molecule has 0 saturated heterocycles. The molecule has 0 aromatic heterocycles. The van der Waals surface area contributed by atoms with Crippen molar-refractivity contribution < 1.29 is 9.00 Å². The number of benzene rings is 1. The predicted molar refractivity (Wildman–Crippen MR) is 67.6 cm³/mol. The lowest BCUT2D eigenvalue weighted by molar-refractivity contribution is -0.118. The number of halogens is 2. The van der Waals surface area contributed by atoms with Crippen molar-refractivity contribution in [2.45, 2.75) is 30.4 Å². The van der Waals surface area contributed by atoms with Crippen LogP contribution in [0.15, 0.2) is 23.1 Å². The molecule has 16 heavy (non-hydrogen) atoms. The van der Waals surface area contributed by atoms with Crippen LogP contribution in [-0.2, 0) is 15.6 Å². The van der Waals surface area contributed by atoms with Crippen LogP contribution in [-0.4, -0.2) is 15.2 Å². The van der Waals surface area contributed by atoms with E-state index in [-0.39, 0.29) is 5.78 Å². The second-order valence-corrected chi connectivity index (χ2v) is 5.92. The van der Waals surface area contributed by atoms with E-state index in [0.717, 1.165) is 0 Å². The van der Waals surface area contributed by atoms with Crippen molar-refractivity contribution in [3.8, 4) is 0 Å². The Morgan fingerprint density at radius 1 is 1.44 bits per heavy atom. The van der Waals surface area contributed by atoms with Crippen LogP contribution < -0.4 is 0 Å². The van der Waals surface area contributed by atoms with Crippen LogP contribution in [0.4, 0.5) is 0 Å². The fraction of sp³-hybridized carbons (Fsp3) is 0.364. The number of Topliss-reactive ketones (excluding diaryl/α,β-unsaturated/α-hetero) is 1. The lowest BCUT2D eigenvalue weighted by Crippen LogP contribution is -2.21. The van der Waals surface area contributed by atoms with E-state index in [9.17, 15) is 9.00 Å². The molecule has 0 fully saturated rings. The van der Waals surface area contributed by atoms with Gasteiger partial charge in [0.2, 0.25) is 0 Å². The molecule has 0 bridgehead atoms. The molecule has 88 valence electrons. The topological polar surface area (TPSA) is 34.1 Å². The number of carbonyl (C=O) groups excluding carboxylic acids is 1. The Balaban J connectivity index is 3.05. The van der Waals surface area contributed by atoms with Gasteiger partial charge in [-0.25, -0.2) is 0 Å². The summed E-state index contributed by atoms with van der Waals surface area (Å²) in [5.74, 6) is -0.0469. The molecular formula is C11H12Cl2O2S. The van der Waals surface area contributed by atoms with Crippen LogP contribution in [0.5, 0.6) is 0 Å². The van der Waals surface area contributed by atoms with E-state index in [4.69, 9.17) is 23.2 Å². The third-order valence-corrected chi connectivity index (χ3v) is 4.59. The number of hydrogen-bond donors (Lipinski definition) is 0. The first-order valence-corrected chi connectivity index (χ1v) is 6.82. The first kappa shape index (κ1) is 13.7. The molecule has 0 amide bonds. The Labute approximate surface area is 107 Å². The van der Waals surface area contributed by atoms with Gasteiger partial charge in [-0.2, -0.15) is 0 Å². The quantitative estimate of drug-likeness (QED) is 0.845. The summed E-state index contributed by atoms with van der Waals surface area (Å²) in [4.78, 5) is 11.9. The van der Waals surface area contributed by atoms with Gasteiger partial charge in [0.15, 0.2) is 0 Å². The second kappa shape index (κ2) is 5.80. The van der Waals surface area contributed by atoms with Crippen molar-refractivity contribution in [3.63, 3.8) is 0 Å². The molecule has 0 radical (unpaired) electrons.